The van der Waals surface area contributed by atoms with Gasteiger partial charge in [0.25, 0.3) is 0 Å². The Bertz CT molecular complexity index is 787. The van der Waals surface area contributed by atoms with Gasteiger partial charge in [-0.15, -0.1) is 24.0 Å². The maximum atomic E-state index is 13.3. The molecule has 0 atom stereocenters. The van der Waals surface area contributed by atoms with Crippen molar-refractivity contribution < 1.29 is 9.13 Å². The number of halogens is 2. The summed E-state index contributed by atoms with van der Waals surface area (Å²) in [5.74, 6) is 1.74. The predicted molar refractivity (Wildman–Crippen MR) is 132 cm³/mol. The molecule has 1 fully saturated rings. The van der Waals surface area contributed by atoms with Gasteiger partial charge in [-0.1, -0.05) is 6.92 Å². The van der Waals surface area contributed by atoms with E-state index in [1.54, 1.807) is 0 Å². The minimum atomic E-state index is -0.215. The molecule has 162 valence electrons. The molecule has 3 rings (SSSR count). The van der Waals surface area contributed by atoms with Gasteiger partial charge in [-0.25, -0.2) is 4.39 Å². The minimum absolute atomic E-state index is 0. The number of aromatic amines is 1. The van der Waals surface area contributed by atoms with E-state index in [0.717, 1.165) is 74.7 Å². The van der Waals surface area contributed by atoms with Crippen LogP contribution in [0.25, 0.3) is 10.9 Å². The minimum Gasteiger partial charge on any atom is -0.381 e. The molecular weight excluding hydrogens is 502 g/mol. The molecule has 1 aliphatic rings. The van der Waals surface area contributed by atoms with Gasteiger partial charge in [0.05, 0.1) is 6.54 Å². The van der Waals surface area contributed by atoms with E-state index in [4.69, 9.17) is 9.73 Å². The molecule has 1 aromatic heterocycles. The first-order chi connectivity index (χ1) is 13.7. The third kappa shape index (κ3) is 6.75. The fourth-order valence-electron chi connectivity index (χ4n) is 3.64. The van der Waals surface area contributed by atoms with Crippen molar-refractivity contribution in [3.8, 4) is 0 Å². The summed E-state index contributed by atoms with van der Waals surface area (Å²) in [6, 6.07) is 4.89. The zero-order valence-electron chi connectivity index (χ0n) is 17.2. The number of guanidine groups is 1. The molecule has 0 aliphatic carbocycles. The second kappa shape index (κ2) is 12.0. The Morgan fingerprint density at radius 2 is 2.07 bits per heavy atom. The van der Waals surface area contributed by atoms with Gasteiger partial charge in [-0.2, -0.15) is 11.8 Å². The monoisotopic (exact) mass is 534 g/mol. The molecule has 1 saturated heterocycles. The molecule has 3 N–H and O–H groups in total. The van der Waals surface area contributed by atoms with Crippen molar-refractivity contribution in [2.24, 2.45) is 4.99 Å². The average Bonchev–Trinajstić information content (AvgIpc) is 3.09. The van der Waals surface area contributed by atoms with Crippen molar-refractivity contribution in [3.63, 3.8) is 0 Å². The second-order valence-electron chi connectivity index (χ2n) is 7.10. The number of nitrogens with one attached hydrogen (secondary N) is 3. The van der Waals surface area contributed by atoms with Gasteiger partial charge in [0.2, 0.25) is 0 Å². The highest BCUT2D eigenvalue weighted by atomic mass is 127. The van der Waals surface area contributed by atoms with Gasteiger partial charge in [0, 0.05) is 48.2 Å². The number of hydrogen-bond acceptors (Lipinski definition) is 3. The highest BCUT2D eigenvalue weighted by molar-refractivity contribution is 14.0. The molecule has 0 unspecified atom stereocenters. The summed E-state index contributed by atoms with van der Waals surface area (Å²) < 4.78 is 19.1. The third-order valence-electron chi connectivity index (χ3n) is 5.14. The van der Waals surface area contributed by atoms with Gasteiger partial charge >= 0.3 is 0 Å². The summed E-state index contributed by atoms with van der Waals surface area (Å²) in [5, 5.41) is 7.87. The number of aromatic nitrogens is 1. The molecule has 8 heteroatoms. The Hall–Kier alpha value is -1.00. The lowest BCUT2D eigenvalue weighted by molar-refractivity contribution is 0.0793. The third-order valence-corrected chi connectivity index (χ3v) is 6.58. The number of fused-ring (bicyclic) bond motifs is 1. The average molecular weight is 534 g/mol. The van der Waals surface area contributed by atoms with Crippen LogP contribution in [0.1, 0.15) is 32.3 Å². The van der Waals surface area contributed by atoms with Gasteiger partial charge < -0.3 is 20.4 Å². The van der Waals surface area contributed by atoms with Crippen LogP contribution in [0.4, 0.5) is 4.39 Å². The second-order valence-corrected chi connectivity index (χ2v) is 8.84. The number of aliphatic imine (C=N–C) groups is 1. The largest absolute Gasteiger partial charge is 0.381 e. The maximum Gasteiger partial charge on any atom is 0.191 e. The van der Waals surface area contributed by atoms with Crippen LogP contribution >= 0.6 is 35.7 Å². The Morgan fingerprint density at radius 3 is 2.79 bits per heavy atom. The van der Waals surface area contributed by atoms with Crippen LogP contribution in [0.2, 0.25) is 0 Å². The van der Waals surface area contributed by atoms with Crippen LogP contribution in [-0.4, -0.2) is 54.3 Å². The molecular formula is C21H32FIN4OS. The number of benzene rings is 1. The fourth-order valence-corrected chi connectivity index (χ4v) is 4.87. The Labute approximate surface area is 194 Å². The van der Waals surface area contributed by atoms with Crippen molar-refractivity contribution in [1.29, 1.82) is 0 Å². The molecule has 1 aliphatic heterocycles. The van der Waals surface area contributed by atoms with Crippen molar-refractivity contribution in [1.82, 2.24) is 15.6 Å². The normalized spacial score (nSPS) is 16.4. The number of rotatable bonds is 8. The van der Waals surface area contributed by atoms with E-state index in [-0.39, 0.29) is 34.5 Å². The first-order valence-corrected chi connectivity index (χ1v) is 11.1. The first kappa shape index (κ1) is 24.3. The quantitative estimate of drug-likeness (QED) is 0.268. The molecule has 0 spiro atoms. The van der Waals surface area contributed by atoms with Crippen LogP contribution in [0.3, 0.4) is 0 Å². The zero-order chi connectivity index (χ0) is 19.8. The smallest absolute Gasteiger partial charge is 0.191 e. The highest BCUT2D eigenvalue weighted by Crippen LogP contribution is 2.35. The number of H-pyrrole nitrogens is 1. The summed E-state index contributed by atoms with van der Waals surface area (Å²) in [6.07, 6.45) is 4.92. The summed E-state index contributed by atoms with van der Waals surface area (Å²) in [5.41, 5.74) is 2.02. The van der Waals surface area contributed by atoms with Gasteiger partial charge in [-0.05, 0) is 55.7 Å². The lowest BCUT2D eigenvalue weighted by Crippen LogP contribution is -2.41. The van der Waals surface area contributed by atoms with Crippen molar-refractivity contribution in [3.05, 3.63) is 35.8 Å². The Kier molecular flexibility index (Phi) is 10.0. The molecule has 0 bridgehead atoms. The van der Waals surface area contributed by atoms with Crippen LogP contribution in [0, 0.1) is 5.82 Å². The molecule has 2 aromatic rings. The fraction of sp³-hybridized carbons (Fsp3) is 0.571. The zero-order valence-corrected chi connectivity index (χ0v) is 20.4. The molecule has 5 nitrogen and oxygen atoms in total. The number of thioether (sulfide) groups is 1. The van der Waals surface area contributed by atoms with E-state index in [1.807, 2.05) is 24.0 Å². The van der Waals surface area contributed by atoms with Crippen LogP contribution < -0.4 is 10.6 Å². The Morgan fingerprint density at radius 1 is 1.28 bits per heavy atom. The molecule has 2 heterocycles. The lowest BCUT2D eigenvalue weighted by Gasteiger charge is -2.35. The van der Waals surface area contributed by atoms with Gasteiger partial charge in [-0.3, -0.25) is 4.99 Å². The lowest BCUT2D eigenvalue weighted by atomic mass is 9.99. The maximum absolute atomic E-state index is 13.3. The van der Waals surface area contributed by atoms with E-state index in [0.29, 0.717) is 0 Å². The predicted octanol–water partition coefficient (Wildman–Crippen LogP) is 4.32. The summed E-state index contributed by atoms with van der Waals surface area (Å²) in [6.45, 7) is 8.35. The molecule has 0 radical (unpaired) electrons. The summed E-state index contributed by atoms with van der Waals surface area (Å²) >= 11 is 2.01. The first-order valence-electron chi connectivity index (χ1n) is 10.1. The van der Waals surface area contributed by atoms with E-state index in [9.17, 15) is 4.39 Å². The van der Waals surface area contributed by atoms with Crippen LogP contribution in [-0.2, 0) is 11.2 Å². The number of ether oxygens (including phenoxy) is 1. The number of nitrogens with zero attached hydrogens (tertiary/aromatic N) is 1. The van der Waals surface area contributed by atoms with Gasteiger partial charge in [0.1, 0.15) is 5.82 Å². The van der Waals surface area contributed by atoms with Crippen molar-refractivity contribution in [2.45, 2.75) is 37.9 Å². The van der Waals surface area contributed by atoms with Crippen LogP contribution in [0.15, 0.2) is 29.4 Å². The number of hydrogen-bond donors (Lipinski definition) is 3. The SMILES string of the molecule is CCNC(=NCC1(SCC)CCOCC1)NCCc1c[nH]c2cc(F)ccc12.I. The van der Waals surface area contributed by atoms with E-state index in [1.165, 1.54) is 17.7 Å². The summed E-state index contributed by atoms with van der Waals surface area (Å²) in [4.78, 5) is 8.03. The molecule has 0 amide bonds. The van der Waals surface area contributed by atoms with E-state index < -0.39 is 0 Å². The Balaban J connectivity index is 0.00000300. The van der Waals surface area contributed by atoms with E-state index >= 15 is 0 Å². The molecule has 29 heavy (non-hydrogen) atoms. The standard InChI is InChI=1S/C21H31FN4OS.HI/c1-3-23-20(26-15-21(28-4-2)8-11-27-12-9-21)24-10-7-16-14-25-19-13-17(22)5-6-18(16)19;/h5-6,13-14,25H,3-4,7-12,15H2,1-2H3,(H2,23,24,26);1H. The molecule has 0 saturated carbocycles. The topological polar surface area (TPSA) is 61.4 Å². The molecule has 1 aromatic carbocycles. The highest BCUT2D eigenvalue weighted by Gasteiger charge is 2.32. The van der Waals surface area contributed by atoms with Crippen molar-refractivity contribution >= 4 is 52.6 Å². The van der Waals surface area contributed by atoms with Gasteiger partial charge in [0.15, 0.2) is 5.96 Å². The van der Waals surface area contributed by atoms with Crippen LogP contribution in [0.5, 0.6) is 0 Å². The van der Waals surface area contributed by atoms with Crippen molar-refractivity contribution in [2.75, 3.05) is 38.6 Å². The van der Waals surface area contributed by atoms with E-state index in [2.05, 4.69) is 29.5 Å². The summed E-state index contributed by atoms with van der Waals surface area (Å²) in [7, 11) is 0.